The van der Waals surface area contributed by atoms with E-state index >= 15 is 0 Å². The lowest BCUT2D eigenvalue weighted by Gasteiger charge is -2.40. The first kappa shape index (κ1) is 13.0. The molecule has 5 heteroatoms. The van der Waals surface area contributed by atoms with E-state index < -0.39 is 0 Å². The number of amides is 1. The molecule has 2 aromatic carbocycles. The van der Waals surface area contributed by atoms with Crippen molar-refractivity contribution in [3.05, 3.63) is 59.9 Å². The van der Waals surface area contributed by atoms with Crippen molar-refractivity contribution >= 4 is 23.2 Å². The van der Waals surface area contributed by atoms with E-state index in [1.807, 2.05) is 29.2 Å². The van der Waals surface area contributed by atoms with Crippen LogP contribution in [0.25, 0.3) is 0 Å². The molecule has 0 bridgehead atoms. The normalized spacial score (nSPS) is 17.0. The lowest BCUT2D eigenvalue weighted by Crippen LogP contribution is -2.52. The van der Waals surface area contributed by atoms with Crippen LogP contribution in [0.2, 0.25) is 0 Å². The summed E-state index contributed by atoms with van der Waals surface area (Å²) >= 11 is 0. The summed E-state index contributed by atoms with van der Waals surface area (Å²) in [5, 5.41) is 0. The van der Waals surface area contributed by atoms with Gasteiger partial charge in [-0.3, -0.25) is 19.6 Å². The first-order valence-electron chi connectivity index (χ1n) is 7.27. The van der Waals surface area contributed by atoms with E-state index in [2.05, 4.69) is 4.99 Å². The molecule has 0 aromatic heterocycles. The van der Waals surface area contributed by atoms with Crippen LogP contribution in [-0.2, 0) is 0 Å². The summed E-state index contributed by atoms with van der Waals surface area (Å²) in [5.74, 6) is 0.321. The van der Waals surface area contributed by atoms with Crippen LogP contribution < -0.4 is 4.90 Å². The second-order valence-corrected chi connectivity index (χ2v) is 5.32. The Labute approximate surface area is 127 Å². The van der Waals surface area contributed by atoms with Gasteiger partial charge in [-0.2, -0.15) is 0 Å². The second-order valence-electron chi connectivity index (χ2n) is 5.32. The fourth-order valence-electron chi connectivity index (χ4n) is 2.92. The number of nitrogens with zero attached hydrogens (tertiary/aromatic N) is 3. The molecule has 2 aliphatic heterocycles. The van der Waals surface area contributed by atoms with Gasteiger partial charge in [0, 0.05) is 18.8 Å². The molecule has 0 saturated heterocycles. The van der Waals surface area contributed by atoms with Crippen molar-refractivity contribution in [2.75, 3.05) is 18.0 Å². The van der Waals surface area contributed by atoms with Gasteiger partial charge in [-0.25, -0.2) is 4.39 Å². The van der Waals surface area contributed by atoms with Crippen molar-refractivity contribution in [3.8, 4) is 0 Å². The molecule has 0 N–H and O–H groups in total. The molecule has 2 aromatic rings. The fraction of sp³-hybridized carbons (Fsp3) is 0.176. The van der Waals surface area contributed by atoms with Gasteiger partial charge in [0.05, 0.1) is 11.3 Å². The van der Waals surface area contributed by atoms with E-state index in [9.17, 15) is 9.18 Å². The van der Waals surface area contributed by atoms with E-state index in [4.69, 9.17) is 0 Å². The third kappa shape index (κ3) is 1.89. The van der Waals surface area contributed by atoms with Gasteiger partial charge in [-0.15, -0.1) is 0 Å². The highest BCUT2D eigenvalue weighted by atomic mass is 19.1. The molecule has 2 heterocycles. The van der Waals surface area contributed by atoms with Crippen molar-refractivity contribution in [1.82, 2.24) is 4.90 Å². The molecule has 4 nitrogen and oxygen atoms in total. The maximum Gasteiger partial charge on any atom is 0.262 e. The number of fused-ring (bicyclic) bond motifs is 2. The molecule has 4 rings (SSSR count). The average molecular weight is 295 g/mol. The summed E-state index contributed by atoms with van der Waals surface area (Å²) in [6.07, 6.45) is 0.856. The van der Waals surface area contributed by atoms with Crippen molar-refractivity contribution in [2.45, 2.75) is 6.42 Å². The topological polar surface area (TPSA) is 35.9 Å². The van der Waals surface area contributed by atoms with Crippen LogP contribution in [0.1, 0.15) is 16.8 Å². The molecule has 0 unspecified atom stereocenters. The molecule has 0 atom stereocenters. The number of carbonyl (C=O) groups excluding carboxylic acids is 1. The molecule has 0 radical (unpaired) electrons. The molecule has 2 aliphatic rings. The Morgan fingerprint density at radius 1 is 1.05 bits per heavy atom. The smallest absolute Gasteiger partial charge is 0.262 e. The third-order valence-corrected chi connectivity index (χ3v) is 3.94. The summed E-state index contributed by atoms with van der Waals surface area (Å²) in [5.41, 5.74) is 2.23. The Balaban J connectivity index is 1.93. The molecule has 0 aliphatic carbocycles. The van der Waals surface area contributed by atoms with Gasteiger partial charge in [-0.05, 0) is 42.8 Å². The number of anilines is 2. The molecular formula is C17H14FN3O. The number of guanidine groups is 1. The van der Waals surface area contributed by atoms with E-state index in [0.29, 0.717) is 24.6 Å². The highest BCUT2D eigenvalue weighted by Gasteiger charge is 2.36. The summed E-state index contributed by atoms with van der Waals surface area (Å²) in [6, 6.07) is 13.7. The number of benzene rings is 2. The van der Waals surface area contributed by atoms with Gasteiger partial charge in [0.2, 0.25) is 5.96 Å². The number of hydrogen-bond donors (Lipinski definition) is 0. The number of para-hydroxylation sites is 1. The Kier molecular flexibility index (Phi) is 2.92. The number of carbonyl (C=O) groups is 1. The van der Waals surface area contributed by atoms with Crippen LogP contribution in [0.15, 0.2) is 53.5 Å². The second kappa shape index (κ2) is 4.94. The van der Waals surface area contributed by atoms with E-state index in [-0.39, 0.29) is 11.7 Å². The molecule has 22 heavy (non-hydrogen) atoms. The van der Waals surface area contributed by atoms with Crippen LogP contribution in [0.3, 0.4) is 0 Å². The summed E-state index contributed by atoms with van der Waals surface area (Å²) < 4.78 is 13.2. The van der Waals surface area contributed by atoms with Crippen LogP contribution in [0, 0.1) is 5.82 Å². The molecule has 0 saturated carbocycles. The van der Waals surface area contributed by atoms with Gasteiger partial charge in [0.1, 0.15) is 5.82 Å². The van der Waals surface area contributed by atoms with Crippen molar-refractivity contribution in [3.63, 3.8) is 0 Å². The Hall–Kier alpha value is -2.69. The first-order chi connectivity index (χ1) is 10.8. The minimum absolute atomic E-state index is 0.0209. The first-order valence-corrected chi connectivity index (χ1v) is 7.27. The molecule has 110 valence electrons. The highest BCUT2D eigenvalue weighted by Crippen LogP contribution is 2.35. The van der Waals surface area contributed by atoms with Crippen LogP contribution >= 0.6 is 0 Å². The highest BCUT2D eigenvalue weighted by molar-refractivity contribution is 6.21. The summed E-state index contributed by atoms with van der Waals surface area (Å²) in [6.45, 7) is 1.35. The monoisotopic (exact) mass is 295 g/mol. The fourth-order valence-corrected chi connectivity index (χ4v) is 2.92. The summed E-state index contributed by atoms with van der Waals surface area (Å²) in [7, 11) is 0. The Morgan fingerprint density at radius 3 is 2.64 bits per heavy atom. The van der Waals surface area contributed by atoms with Crippen molar-refractivity contribution in [2.24, 2.45) is 4.99 Å². The maximum atomic E-state index is 13.2. The van der Waals surface area contributed by atoms with Gasteiger partial charge in [-0.1, -0.05) is 12.1 Å². The van der Waals surface area contributed by atoms with E-state index in [0.717, 1.165) is 17.8 Å². The predicted molar refractivity (Wildman–Crippen MR) is 82.9 cm³/mol. The minimum Gasteiger partial charge on any atom is -0.280 e. The molecular weight excluding hydrogens is 281 g/mol. The standard InChI is InChI=1S/C17H14FN3O/c18-12-6-8-13(9-7-12)21-15-5-2-1-4-14(15)16(22)20-11-3-10-19-17(20)21/h1-2,4-9H,3,10-11H2. The third-order valence-electron chi connectivity index (χ3n) is 3.94. The van der Waals surface area contributed by atoms with Crippen LogP contribution in [0.5, 0.6) is 0 Å². The van der Waals surface area contributed by atoms with E-state index in [1.54, 1.807) is 17.0 Å². The van der Waals surface area contributed by atoms with Crippen molar-refractivity contribution in [1.29, 1.82) is 0 Å². The molecule has 0 fully saturated rings. The van der Waals surface area contributed by atoms with Gasteiger partial charge in [0.15, 0.2) is 0 Å². The number of hydrogen-bond acceptors (Lipinski definition) is 3. The SMILES string of the molecule is O=C1c2ccccc2N(c2ccc(F)cc2)C2=NCCCN12. The zero-order chi connectivity index (χ0) is 15.1. The number of halogens is 1. The number of aliphatic imine (C=N–C) groups is 1. The minimum atomic E-state index is -0.285. The largest absolute Gasteiger partial charge is 0.280 e. The summed E-state index contributed by atoms with van der Waals surface area (Å²) in [4.78, 5) is 20.8. The lowest BCUT2D eigenvalue weighted by atomic mass is 10.1. The molecule has 1 amide bonds. The van der Waals surface area contributed by atoms with Crippen LogP contribution in [0.4, 0.5) is 15.8 Å². The Morgan fingerprint density at radius 2 is 1.82 bits per heavy atom. The van der Waals surface area contributed by atoms with Gasteiger partial charge >= 0.3 is 0 Å². The zero-order valence-corrected chi connectivity index (χ0v) is 11.9. The van der Waals surface area contributed by atoms with E-state index in [1.165, 1.54) is 12.1 Å². The maximum absolute atomic E-state index is 13.2. The van der Waals surface area contributed by atoms with Gasteiger partial charge < -0.3 is 0 Å². The van der Waals surface area contributed by atoms with Crippen molar-refractivity contribution < 1.29 is 9.18 Å². The zero-order valence-electron chi connectivity index (χ0n) is 11.9. The Bertz CT molecular complexity index is 770. The van der Waals surface area contributed by atoms with Gasteiger partial charge in [0.25, 0.3) is 5.91 Å². The average Bonchev–Trinajstić information content (AvgIpc) is 2.57. The predicted octanol–water partition coefficient (Wildman–Crippen LogP) is 3.18. The number of rotatable bonds is 1. The lowest BCUT2D eigenvalue weighted by molar-refractivity contribution is 0.0835. The van der Waals surface area contributed by atoms with Crippen LogP contribution in [-0.4, -0.2) is 29.9 Å². The molecule has 0 spiro atoms. The quantitative estimate of drug-likeness (QED) is 0.810.